The third-order valence-corrected chi connectivity index (χ3v) is 3.11. The summed E-state index contributed by atoms with van der Waals surface area (Å²) >= 11 is 0. The molecular formula is C12H16N4O2. The third-order valence-electron chi connectivity index (χ3n) is 3.11. The zero-order valence-electron chi connectivity index (χ0n) is 10.1. The predicted molar refractivity (Wildman–Crippen MR) is 64.5 cm³/mol. The molecule has 0 aliphatic carbocycles. The molecule has 0 bridgehead atoms. The molecule has 1 aliphatic heterocycles. The lowest BCUT2D eigenvalue weighted by Gasteiger charge is -2.29. The Morgan fingerprint density at radius 1 is 1.50 bits per heavy atom. The molecule has 18 heavy (non-hydrogen) atoms. The van der Waals surface area contributed by atoms with Gasteiger partial charge in [0.15, 0.2) is 5.76 Å². The van der Waals surface area contributed by atoms with Crippen LogP contribution in [-0.4, -0.2) is 34.2 Å². The molecule has 0 radical (unpaired) electrons. The second-order valence-corrected chi connectivity index (χ2v) is 4.63. The Morgan fingerprint density at radius 3 is 3.22 bits per heavy atom. The fourth-order valence-electron chi connectivity index (χ4n) is 2.25. The van der Waals surface area contributed by atoms with E-state index in [0.29, 0.717) is 24.0 Å². The van der Waals surface area contributed by atoms with Crippen molar-refractivity contribution in [3.05, 3.63) is 24.3 Å². The smallest absolute Gasteiger partial charge is 0.241 e. The van der Waals surface area contributed by atoms with E-state index < -0.39 is 0 Å². The van der Waals surface area contributed by atoms with Crippen LogP contribution in [0.2, 0.25) is 0 Å². The molecule has 0 aromatic carbocycles. The molecule has 1 atom stereocenters. The lowest BCUT2D eigenvalue weighted by molar-refractivity contribution is 0.178. The van der Waals surface area contributed by atoms with Crippen molar-refractivity contribution in [3.63, 3.8) is 0 Å². The third kappa shape index (κ3) is 2.44. The van der Waals surface area contributed by atoms with Gasteiger partial charge >= 0.3 is 0 Å². The molecule has 0 amide bonds. The number of hydrogen-bond acceptors (Lipinski definition) is 6. The van der Waals surface area contributed by atoms with E-state index in [4.69, 9.17) is 14.7 Å². The highest BCUT2D eigenvalue weighted by Crippen LogP contribution is 2.17. The number of nitrogens with zero attached hydrogens (tertiary/aromatic N) is 3. The van der Waals surface area contributed by atoms with Crippen LogP contribution in [0.5, 0.6) is 0 Å². The van der Waals surface area contributed by atoms with Gasteiger partial charge in [0, 0.05) is 12.6 Å². The normalized spacial score (nSPS) is 21.3. The maximum atomic E-state index is 5.94. The molecule has 1 fully saturated rings. The van der Waals surface area contributed by atoms with Gasteiger partial charge in [0.25, 0.3) is 0 Å². The van der Waals surface area contributed by atoms with Gasteiger partial charge in [0.05, 0.1) is 12.8 Å². The highest BCUT2D eigenvalue weighted by Gasteiger charge is 2.19. The Labute approximate surface area is 105 Å². The van der Waals surface area contributed by atoms with Crippen LogP contribution in [0, 0.1) is 0 Å². The van der Waals surface area contributed by atoms with E-state index in [1.54, 1.807) is 12.3 Å². The van der Waals surface area contributed by atoms with Crippen molar-refractivity contribution < 1.29 is 8.94 Å². The van der Waals surface area contributed by atoms with Crippen molar-refractivity contribution in [3.8, 4) is 11.6 Å². The number of furan rings is 1. The monoisotopic (exact) mass is 248 g/mol. The minimum absolute atomic E-state index is 0.256. The lowest BCUT2D eigenvalue weighted by atomic mass is 10.1. The van der Waals surface area contributed by atoms with Crippen molar-refractivity contribution in [2.24, 2.45) is 5.73 Å². The number of aromatic nitrogens is 2. The van der Waals surface area contributed by atoms with Gasteiger partial charge in [-0.3, -0.25) is 4.90 Å². The van der Waals surface area contributed by atoms with Gasteiger partial charge in [-0.25, -0.2) is 0 Å². The summed E-state index contributed by atoms with van der Waals surface area (Å²) in [5.41, 5.74) is 5.94. The molecule has 2 aromatic rings. The van der Waals surface area contributed by atoms with Crippen molar-refractivity contribution in [1.29, 1.82) is 0 Å². The SMILES string of the molecule is N[C@@H]1CCCN(Cc2nc(-c3ccco3)no2)C1. The van der Waals surface area contributed by atoms with Crippen molar-refractivity contribution in [1.82, 2.24) is 15.0 Å². The second-order valence-electron chi connectivity index (χ2n) is 4.63. The van der Waals surface area contributed by atoms with Crippen LogP contribution in [0.25, 0.3) is 11.6 Å². The van der Waals surface area contributed by atoms with E-state index in [2.05, 4.69) is 15.0 Å². The zero-order chi connectivity index (χ0) is 12.4. The Kier molecular flexibility index (Phi) is 3.12. The first kappa shape index (κ1) is 11.4. The summed E-state index contributed by atoms with van der Waals surface area (Å²) in [5.74, 6) is 1.73. The molecule has 3 rings (SSSR count). The van der Waals surface area contributed by atoms with E-state index in [1.165, 1.54) is 0 Å². The van der Waals surface area contributed by atoms with E-state index in [1.807, 2.05) is 6.07 Å². The summed E-state index contributed by atoms with van der Waals surface area (Å²) in [6.45, 7) is 2.58. The molecule has 2 N–H and O–H groups in total. The first-order chi connectivity index (χ1) is 8.81. The summed E-state index contributed by atoms with van der Waals surface area (Å²) in [6.07, 6.45) is 3.81. The minimum atomic E-state index is 0.256. The zero-order valence-corrected chi connectivity index (χ0v) is 10.1. The molecule has 1 aliphatic rings. The van der Waals surface area contributed by atoms with E-state index in [9.17, 15) is 0 Å². The van der Waals surface area contributed by atoms with Crippen LogP contribution in [0.15, 0.2) is 27.3 Å². The summed E-state index contributed by atoms with van der Waals surface area (Å²) in [4.78, 5) is 6.56. The maximum absolute atomic E-state index is 5.94. The average molecular weight is 248 g/mol. The molecule has 1 saturated heterocycles. The predicted octanol–water partition coefficient (Wildman–Crippen LogP) is 1.25. The highest BCUT2D eigenvalue weighted by atomic mass is 16.5. The van der Waals surface area contributed by atoms with Crippen LogP contribution in [-0.2, 0) is 6.54 Å². The minimum Gasteiger partial charge on any atom is -0.461 e. The summed E-state index contributed by atoms with van der Waals surface area (Å²) < 4.78 is 10.4. The van der Waals surface area contributed by atoms with Crippen molar-refractivity contribution in [2.75, 3.05) is 13.1 Å². The number of rotatable bonds is 3. The molecule has 0 spiro atoms. The molecule has 0 unspecified atom stereocenters. The Bertz CT molecular complexity index is 494. The van der Waals surface area contributed by atoms with Crippen LogP contribution in [0.3, 0.4) is 0 Å². The standard InChI is InChI=1S/C12H16N4O2/c13-9-3-1-5-16(7-9)8-11-14-12(15-18-11)10-4-2-6-17-10/h2,4,6,9H,1,3,5,7-8,13H2/t9-/m1/s1. The molecule has 0 saturated carbocycles. The first-order valence-corrected chi connectivity index (χ1v) is 6.15. The van der Waals surface area contributed by atoms with Crippen molar-refractivity contribution >= 4 is 0 Å². The number of piperidine rings is 1. The highest BCUT2D eigenvalue weighted by molar-refractivity contribution is 5.44. The number of nitrogens with two attached hydrogens (primary N) is 1. The Hall–Kier alpha value is -1.66. The second kappa shape index (κ2) is 4.91. The topological polar surface area (TPSA) is 81.3 Å². The van der Waals surface area contributed by atoms with Gasteiger partial charge < -0.3 is 14.7 Å². The average Bonchev–Trinajstić information content (AvgIpc) is 2.98. The molecule has 6 heteroatoms. The van der Waals surface area contributed by atoms with Gasteiger partial charge in [-0.1, -0.05) is 5.16 Å². The number of likely N-dealkylation sites (tertiary alicyclic amines) is 1. The van der Waals surface area contributed by atoms with Gasteiger partial charge in [-0.15, -0.1) is 0 Å². The van der Waals surface area contributed by atoms with Gasteiger partial charge in [-0.05, 0) is 31.5 Å². The molecule has 3 heterocycles. The first-order valence-electron chi connectivity index (χ1n) is 6.15. The van der Waals surface area contributed by atoms with Gasteiger partial charge in [0.2, 0.25) is 11.7 Å². The van der Waals surface area contributed by atoms with Crippen molar-refractivity contribution in [2.45, 2.75) is 25.4 Å². The van der Waals surface area contributed by atoms with Crippen LogP contribution in [0.1, 0.15) is 18.7 Å². The molecule has 2 aromatic heterocycles. The van der Waals surface area contributed by atoms with Gasteiger partial charge in [0.1, 0.15) is 0 Å². The lowest BCUT2D eigenvalue weighted by Crippen LogP contribution is -2.42. The number of hydrogen-bond donors (Lipinski definition) is 1. The van der Waals surface area contributed by atoms with Gasteiger partial charge in [-0.2, -0.15) is 4.98 Å². The van der Waals surface area contributed by atoms with Crippen LogP contribution in [0.4, 0.5) is 0 Å². The Morgan fingerprint density at radius 2 is 2.44 bits per heavy atom. The molecular weight excluding hydrogens is 232 g/mol. The van der Waals surface area contributed by atoms with E-state index in [-0.39, 0.29) is 6.04 Å². The van der Waals surface area contributed by atoms with Crippen LogP contribution >= 0.6 is 0 Å². The summed E-state index contributed by atoms with van der Waals surface area (Å²) in [7, 11) is 0. The van der Waals surface area contributed by atoms with E-state index in [0.717, 1.165) is 25.9 Å². The molecule has 96 valence electrons. The maximum Gasteiger partial charge on any atom is 0.241 e. The Balaban J connectivity index is 1.66. The fourth-order valence-corrected chi connectivity index (χ4v) is 2.25. The quantitative estimate of drug-likeness (QED) is 0.880. The largest absolute Gasteiger partial charge is 0.461 e. The summed E-state index contributed by atoms with van der Waals surface area (Å²) in [5, 5.41) is 3.91. The fraction of sp³-hybridized carbons (Fsp3) is 0.500. The van der Waals surface area contributed by atoms with Crippen LogP contribution < -0.4 is 5.73 Å². The van der Waals surface area contributed by atoms with E-state index >= 15 is 0 Å². The molecule has 6 nitrogen and oxygen atoms in total. The summed E-state index contributed by atoms with van der Waals surface area (Å²) in [6, 6.07) is 3.87.